The van der Waals surface area contributed by atoms with Crippen LogP contribution >= 0.6 is 0 Å². The maximum absolute atomic E-state index is 7.98. The molecule has 2 aliphatic carbocycles. The van der Waals surface area contributed by atoms with E-state index in [2.05, 4.69) is 18.2 Å². The van der Waals surface area contributed by atoms with Gasteiger partial charge in [-0.2, -0.15) is 0 Å². The molecule has 0 unspecified atom stereocenters. The summed E-state index contributed by atoms with van der Waals surface area (Å²) in [5.74, 6) is 1.60. The first-order valence-corrected chi connectivity index (χ1v) is 8.74. The maximum Gasteiger partial charge on any atom is 0.123 e. The van der Waals surface area contributed by atoms with Gasteiger partial charge in [0.15, 0.2) is 0 Å². The molecule has 0 aliphatic heterocycles. The Hall–Kier alpha value is -1.31. The molecule has 0 heterocycles. The van der Waals surface area contributed by atoms with Gasteiger partial charge < -0.3 is 5.73 Å². The second kappa shape index (κ2) is 6.64. The van der Waals surface area contributed by atoms with Gasteiger partial charge in [0.2, 0.25) is 0 Å². The largest absolute Gasteiger partial charge is 0.384 e. The first-order chi connectivity index (χ1) is 10.3. The van der Waals surface area contributed by atoms with Crippen molar-refractivity contribution in [1.29, 1.82) is 5.41 Å². The number of nitrogen functional groups attached to an aromatic ring is 1. The van der Waals surface area contributed by atoms with Crippen LogP contribution in [0.15, 0.2) is 18.2 Å². The molecule has 0 saturated heterocycles. The van der Waals surface area contributed by atoms with Crippen LogP contribution in [-0.2, 0) is 0 Å². The lowest BCUT2D eigenvalue weighted by Crippen LogP contribution is -2.20. The first kappa shape index (κ1) is 14.6. The number of amidine groups is 1. The molecule has 2 aliphatic rings. The highest BCUT2D eigenvalue weighted by atomic mass is 14.7. The Morgan fingerprint density at radius 2 is 1.43 bits per heavy atom. The second-order valence-electron chi connectivity index (χ2n) is 6.89. The molecule has 0 amide bonds. The summed E-state index contributed by atoms with van der Waals surface area (Å²) in [6.07, 6.45) is 13.4. The Balaban J connectivity index is 2.00. The van der Waals surface area contributed by atoms with Crippen LogP contribution in [0.5, 0.6) is 0 Å². The van der Waals surface area contributed by atoms with Crippen molar-refractivity contribution in [3.63, 3.8) is 0 Å². The van der Waals surface area contributed by atoms with E-state index in [1.807, 2.05) is 0 Å². The van der Waals surface area contributed by atoms with E-state index in [0.29, 0.717) is 11.8 Å². The van der Waals surface area contributed by atoms with Gasteiger partial charge in [0.25, 0.3) is 0 Å². The lowest BCUT2D eigenvalue weighted by Gasteiger charge is -2.31. The third kappa shape index (κ3) is 3.14. The molecule has 1 aromatic carbocycles. The zero-order chi connectivity index (χ0) is 14.7. The van der Waals surface area contributed by atoms with Crippen LogP contribution in [0.25, 0.3) is 0 Å². The molecule has 0 radical (unpaired) electrons. The molecule has 2 heteroatoms. The summed E-state index contributed by atoms with van der Waals surface area (Å²) in [5.41, 5.74) is 9.89. The maximum atomic E-state index is 7.98. The average Bonchev–Trinajstić information content (AvgIpc) is 2.55. The summed E-state index contributed by atoms with van der Waals surface area (Å²) in [7, 11) is 0. The number of rotatable bonds is 3. The summed E-state index contributed by atoms with van der Waals surface area (Å²) in [6, 6.07) is 6.51. The lowest BCUT2D eigenvalue weighted by atomic mass is 9.74. The zero-order valence-corrected chi connectivity index (χ0v) is 13.0. The fourth-order valence-corrected chi connectivity index (χ4v) is 4.43. The molecule has 21 heavy (non-hydrogen) atoms. The molecule has 114 valence electrons. The Morgan fingerprint density at radius 1 is 0.857 bits per heavy atom. The highest BCUT2D eigenvalue weighted by Crippen LogP contribution is 2.42. The normalized spacial score (nSPS) is 21.3. The molecule has 0 atom stereocenters. The lowest BCUT2D eigenvalue weighted by molar-refractivity contribution is 0.418. The van der Waals surface area contributed by atoms with Crippen LogP contribution in [0.1, 0.15) is 92.7 Å². The van der Waals surface area contributed by atoms with Crippen LogP contribution in [-0.4, -0.2) is 5.84 Å². The Bertz CT molecular complexity index is 494. The van der Waals surface area contributed by atoms with Crippen molar-refractivity contribution < 1.29 is 0 Å². The van der Waals surface area contributed by atoms with Gasteiger partial charge in [0.1, 0.15) is 5.84 Å². The van der Waals surface area contributed by atoms with E-state index in [4.69, 9.17) is 11.1 Å². The van der Waals surface area contributed by atoms with E-state index in [1.165, 1.54) is 75.3 Å². The number of nitrogens with two attached hydrogens (primary N) is 1. The van der Waals surface area contributed by atoms with Crippen LogP contribution in [0.3, 0.4) is 0 Å². The third-order valence-electron chi connectivity index (χ3n) is 5.49. The molecule has 3 rings (SSSR count). The minimum Gasteiger partial charge on any atom is -0.384 e. The molecule has 0 bridgehead atoms. The summed E-state index contributed by atoms with van der Waals surface area (Å²) >= 11 is 0. The third-order valence-corrected chi connectivity index (χ3v) is 5.49. The predicted octanol–water partition coefficient (Wildman–Crippen LogP) is 5.07. The number of hydrogen-bond acceptors (Lipinski definition) is 1. The van der Waals surface area contributed by atoms with Gasteiger partial charge in [-0.1, -0.05) is 56.7 Å². The van der Waals surface area contributed by atoms with Crippen molar-refractivity contribution in [3.05, 3.63) is 34.9 Å². The van der Waals surface area contributed by atoms with E-state index >= 15 is 0 Å². The highest BCUT2D eigenvalue weighted by Gasteiger charge is 2.26. The standard InChI is InChI=1S/C19H28N2/c20-19(21)17-13-7-12-16(14-8-3-1-4-9-14)18(17)15-10-5-2-6-11-15/h7,12-15H,1-6,8-11H2,(H3,20,21). The Kier molecular flexibility index (Phi) is 4.62. The number of nitrogens with one attached hydrogen (secondary N) is 1. The van der Waals surface area contributed by atoms with Crippen LogP contribution in [0.4, 0.5) is 0 Å². The topological polar surface area (TPSA) is 49.9 Å². The fourth-order valence-electron chi connectivity index (χ4n) is 4.43. The highest BCUT2D eigenvalue weighted by molar-refractivity contribution is 5.97. The van der Waals surface area contributed by atoms with Crippen molar-refractivity contribution >= 4 is 5.84 Å². The van der Waals surface area contributed by atoms with Crippen LogP contribution in [0, 0.1) is 5.41 Å². The predicted molar refractivity (Wildman–Crippen MR) is 89.1 cm³/mol. The monoisotopic (exact) mass is 284 g/mol. The summed E-state index contributed by atoms with van der Waals surface area (Å²) in [4.78, 5) is 0. The molecule has 1 aromatic rings. The summed E-state index contributed by atoms with van der Waals surface area (Å²) in [6.45, 7) is 0. The van der Waals surface area contributed by atoms with E-state index in [9.17, 15) is 0 Å². The van der Waals surface area contributed by atoms with Gasteiger partial charge >= 0.3 is 0 Å². The molecule has 0 spiro atoms. The first-order valence-electron chi connectivity index (χ1n) is 8.74. The van der Waals surface area contributed by atoms with Gasteiger partial charge in [-0.05, 0) is 48.6 Å². The molecular formula is C19H28N2. The fraction of sp³-hybridized carbons (Fsp3) is 0.632. The minimum atomic E-state index is 0.258. The van der Waals surface area contributed by atoms with E-state index in [1.54, 1.807) is 0 Å². The summed E-state index contributed by atoms with van der Waals surface area (Å²) in [5, 5.41) is 7.98. The van der Waals surface area contributed by atoms with Gasteiger partial charge in [-0.25, -0.2) is 0 Å². The zero-order valence-electron chi connectivity index (χ0n) is 13.0. The Labute approximate surface area is 128 Å². The van der Waals surface area contributed by atoms with Crippen LogP contribution in [0.2, 0.25) is 0 Å². The van der Waals surface area contributed by atoms with Gasteiger partial charge in [-0.3, -0.25) is 5.41 Å². The minimum absolute atomic E-state index is 0.258. The van der Waals surface area contributed by atoms with Gasteiger partial charge in [0.05, 0.1) is 0 Å². The smallest absolute Gasteiger partial charge is 0.123 e. The van der Waals surface area contributed by atoms with E-state index in [0.717, 1.165) is 5.56 Å². The molecule has 0 aromatic heterocycles. The SMILES string of the molecule is N=C(N)c1cccc(C2CCCCC2)c1C1CCCCC1. The second-order valence-corrected chi connectivity index (χ2v) is 6.89. The Morgan fingerprint density at radius 3 is 2.00 bits per heavy atom. The van der Waals surface area contributed by atoms with Gasteiger partial charge in [-0.15, -0.1) is 0 Å². The molecular weight excluding hydrogens is 256 g/mol. The van der Waals surface area contributed by atoms with E-state index in [-0.39, 0.29) is 5.84 Å². The quantitative estimate of drug-likeness (QED) is 0.591. The van der Waals surface area contributed by atoms with E-state index < -0.39 is 0 Å². The molecule has 3 N–H and O–H groups in total. The molecule has 2 fully saturated rings. The van der Waals surface area contributed by atoms with Crippen molar-refractivity contribution in [1.82, 2.24) is 0 Å². The molecule has 2 saturated carbocycles. The van der Waals surface area contributed by atoms with Crippen molar-refractivity contribution in [2.24, 2.45) is 5.73 Å². The van der Waals surface area contributed by atoms with Gasteiger partial charge in [0, 0.05) is 5.56 Å². The number of hydrogen-bond donors (Lipinski definition) is 2. The van der Waals surface area contributed by atoms with Crippen molar-refractivity contribution in [3.8, 4) is 0 Å². The van der Waals surface area contributed by atoms with Crippen LogP contribution < -0.4 is 5.73 Å². The van der Waals surface area contributed by atoms with Crippen molar-refractivity contribution in [2.75, 3.05) is 0 Å². The molecule has 2 nitrogen and oxygen atoms in total. The van der Waals surface area contributed by atoms with Crippen molar-refractivity contribution in [2.45, 2.75) is 76.0 Å². The summed E-state index contributed by atoms with van der Waals surface area (Å²) < 4.78 is 0. The average molecular weight is 284 g/mol. The number of benzene rings is 1.